The molecule has 1 aromatic heterocycles. The molecule has 6 aromatic rings. The predicted molar refractivity (Wildman–Crippen MR) is 326 cm³/mol. The molecule has 3 fully saturated rings. The van der Waals surface area contributed by atoms with Crippen LogP contribution in [0.5, 0.6) is 5.75 Å². The SMILES string of the molecule is COC[C@@H](CCO)c1c(CO)c2ccc3c(c2oc1=O)[C@H]1OC(=O)C[C@H]2C[C@H](c4cccc(C5(c6ccccc6)CCCCC5)c4)CC[C@@H]2c2ccc4cc2CC#CC[C@@]([C@@H]2C[C@@H]5C=Cc6ccccc6[C@@H]5C2)(O3)[C@H]1OC(=O)/C(=C(/C)CO)CC4. The Morgan fingerprint density at radius 1 is 0.800 bits per heavy atom. The molecule has 3 saturated carbocycles. The predicted octanol–water partition coefficient (Wildman–Crippen LogP) is 13.1. The van der Waals surface area contributed by atoms with Crippen LogP contribution in [0.25, 0.3) is 17.0 Å². The van der Waals surface area contributed by atoms with Crippen LogP contribution in [0.3, 0.4) is 0 Å². The molecule has 13 rings (SSSR count). The van der Waals surface area contributed by atoms with Crippen LogP contribution in [0, 0.1) is 29.6 Å². The van der Waals surface area contributed by atoms with E-state index in [4.69, 9.17) is 23.4 Å². The van der Waals surface area contributed by atoms with Crippen molar-refractivity contribution >= 4 is 29.0 Å². The quantitative estimate of drug-likeness (QED) is 0.0490. The standard InChI is InChI=1S/C74H78O11/c1-45(42-76)57-26-21-46-22-27-59-50(36-46)15-9-12-34-74(56-39-51-24-23-47-14-7-8-20-58(47)62(51)41-56)70(84-71(57)79)69(67-64(85-74)30-29-61-63(43-77)66(72(80)83-68(61)67)52(31-35-75)44-81-2)82-65(78)40-53-37-49(25-28-60(53)59)48-16-13-19-55(38-48)73(32-10-4-11-33-73)54-17-5-3-6-18-54/h3,5-8,13-14,16-20,22-24,27,29-30,36,38,49,51-53,56,60,62,69-70,75-77H,4,10-11,15,21,25-26,28,31-35,37,39-44H2,1-2H3/b57-45-/t49-,51+,52-,53-,56-,60+,62-,69-,70+,74+/m1/s1. The molecular formula is C74H78O11. The average molecular weight is 1140 g/mol. The normalized spacial score (nSPS) is 27.7. The highest BCUT2D eigenvalue weighted by Crippen LogP contribution is 2.59. The first-order valence-electron chi connectivity index (χ1n) is 31.3. The van der Waals surface area contributed by atoms with Gasteiger partial charge in [-0.15, -0.1) is 0 Å². The molecule has 0 amide bonds. The van der Waals surface area contributed by atoms with Gasteiger partial charge in [0, 0.05) is 60.3 Å². The number of allylic oxidation sites excluding steroid dienone is 1. The van der Waals surface area contributed by atoms with Crippen molar-refractivity contribution in [2.75, 3.05) is 26.9 Å². The minimum atomic E-state index is -1.44. The van der Waals surface area contributed by atoms with Gasteiger partial charge >= 0.3 is 17.6 Å². The Labute approximate surface area is 498 Å². The van der Waals surface area contributed by atoms with Crippen molar-refractivity contribution in [1.82, 2.24) is 0 Å². The fourth-order valence-corrected chi connectivity index (χ4v) is 16.9. The van der Waals surface area contributed by atoms with E-state index in [9.17, 15) is 20.1 Å². The number of fused-ring (bicyclic) bond motifs is 12. The van der Waals surface area contributed by atoms with E-state index in [-0.39, 0.29) is 109 Å². The number of hydrogen-bond donors (Lipinski definition) is 3. The third-order valence-electron chi connectivity index (χ3n) is 21.1. The Hall–Kier alpha value is -7.07. The maximum absolute atomic E-state index is 15.9. The number of carbonyl (C=O) groups is 2. The van der Waals surface area contributed by atoms with Crippen molar-refractivity contribution in [3.63, 3.8) is 0 Å². The van der Waals surface area contributed by atoms with E-state index < -0.39 is 47.9 Å². The molecule has 7 aliphatic rings. The zero-order valence-corrected chi connectivity index (χ0v) is 49.0. The number of carbonyl (C=O) groups excluding carboxylic acids is 2. The summed E-state index contributed by atoms with van der Waals surface area (Å²) in [5.74, 6) is 5.70. The van der Waals surface area contributed by atoms with Gasteiger partial charge in [0.25, 0.3) is 0 Å². The van der Waals surface area contributed by atoms with Gasteiger partial charge in [-0.3, -0.25) is 4.79 Å². The number of rotatable bonds is 11. The number of methoxy groups -OCH3 is 1. The molecule has 4 heterocycles. The van der Waals surface area contributed by atoms with Crippen molar-refractivity contribution in [1.29, 1.82) is 0 Å². The first-order valence-corrected chi connectivity index (χ1v) is 31.3. The second kappa shape index (κ2) is 24.0. The van der Waals surface area contributed by atoms with Gasteiger partial charge in [0.2, 0.25) is 0 Å². The maximum atomic E-state index is 15.9. The van der Waals surface area contributed by atoms with E-state index in [1.165, 1.54) is 54.2 Å². The van der Waals surface area contributed by atoms with E-state index in [0.717, 1.165) is 48.8 Å². The monoisotopic (exact) mass is 1140 g/mol. The van der Waals surface area contributed by atoms with E-state index >= 15 is 9.59 Å². The van der Waals surface area contributed by atoms with Crippen molar-refractivity contribution in [3.05, 3.63) is 198 Å². The average Bonchev–Trinajstić information content (AvgIpc) is 2.21. The van der Waals surface area contributed by atoms with Gasteiger partial charge in [-0.05, 0) is 168 Å². The molecule has 3 aliphatic heterocycles. The van der Waals surface area contributed by atoms with Gasteiger partial charge < -0.3 is 38.7 Å². The lowest BCUT2D eigenvalue weighted by Crippen LogP contribution is -2.60. The molecule has 440 valence electrons. The van der Waals surface area contributed by atoms with Gasteiger partial charge in [-0.1, -0.05) is 140 Å². The molecule has 0 saturated heterocycles. The minimum Gasteiger partial charge on any atom is -0.481 e. The lowest BCUT2D eigenvalue weighted by atomic mass is 9.64. The first-order chi connectivity index (χ1) is 41.5. The van der Waals surface area contributed by atoms with Gasteiger partial charge in [0.15, 0.2) is 17.8 Å². The van der Waals surface area contributed by atoms with Crippen LogP contribution in [-0.2, 0) is 48.7 Å². The molecule has 11 heteroatoms. The van der Waals surface area contributed by atoms with Crippen molar-refractivity contribution in [3.8, 4) is 17.6 Å². The maximum Gasteiger partial charge on any atom is 0.340 e. The fraction of sp³-hybridized carbons (Fsp3) is 0.446. The Morgan fingerprint density at radius 2 is 1.62 bits per heavy atom. The number of esters is 2. The number of benzene rings is 5. The smallest absolute Gasteiger partial charge is 0.340 e. The number of ether oxygens (including phenoxy) is 4. The van der Waals surface area contributed by atoms with Gasteiger partial charge in [-0.25, -0.2) is 9.59 Å². The summed E-state index contributed by atoms with van der Waals surface area (Å²) in [5.41, 5.74) is 8.96. The van der Waals surface area contributed by atoms with Crippen molar-refractivity contribution in [2.45, 2.75) is 163 Å². The van der Waals surface area contributed by atoms with E-state index in [0.29, 0.717) is 48.0 Å². The lowest BCUT2D eigenvalue weighted by Gasteiger charge is -2.49. The molecular weight excluding hydrogens is 1060 g/mol. The fourth-order valence-electron chi connectivity index (χ4n) is 16.9. The molecule has 5 bridgehead atoms. The van der Waals surface area contributed by atoms with Gasteiger partial charge in [-0.2, -0.15) is 0 Å². The largest absolute Gasteiger partial charge is 0.481 e. The number of hydrogen-bond acceptors (Lipinski definition) is 11. The van der Waals surface area contributed by atoms with Crippen LogP contribution in [0.2, 0.25) is 0 Å². The molecule has 4 aliphatic carbocycles. The minimum absolute atomic E-state index is 0.00872. The molecule has 5 aromatic carbocycles. The first kappa shape index (κ1) is 57.0. The Balaban J connectivity index is 0.994. The molecule has 0 unspecified atom stereocenters. The van der Waals surface area contributed by atoms with Crippen LogP contribution in [0.4, 0.5) is 0 Å². The second-order valence-electron chi connectivity index (χ2n) is 25.6. The molecule has 0 spiro atoms. The Kier molecular flexibility index (Phi) is 16.1. The second-order valence-corrected chi connectivity index (χ2v) is 25.6. The summed E-state index contributed by atoms with van der Waals surface area (Å²) in [4.78, 5) is 46.3. The van der Waals surface area contributed by atoms with Gasteiger partial charge in [0.1, 0.15) is 11.3 Å². The number of aliphatic hydroxyl groups is 3. The summed E-state index contributed by atoms with van der Waals surface area (Å²) in [6, 6.07) is 39.0. The Morgan fingerprint density at radius 3 is 2.44 bits per heavy atom. The zero-order chi connectivity index (χ0) is 58.4. The van der Waals surface area contributed by atoms with Gasteiger partial charge in [0.05, 0.1) is 31.8 Å². The number of aryl methyl sites for hydroxylation is 1. The molecule has 85 heavy (non-hydrogen) atoms. The third kappa shape index (κ3) is 10.4. The van der Waals surface area contributed by atoms with E-state index in [2.05, 4.69) is 121 Å². The Bertz CT molecular complexity index is 3700. The molecule has 3 N–H and O–H groups in total. The highest BCUT2D eigenvalue weighted by molar-refractivity contribution is 5.90. The van der Waals surface area contributed by atoms with Crippen LogP contribution < -0.4 is 10.4 Å². The zero-order valence-electron chi connectivity index (χ0n) is 49.0. The van der Waals surface area contributed by atoms with Crippen LogP contribution in [-0.4, -0.2) is 65.9 Å². The number of aliphatic hydroxyl groups excluding tert-OH is 3. The summed E-state index contributed by atoms with van der Waals surface area (Å²) >= 11 is 0. The summed E-state index contributed by atoms with van der Waals surface area (Å²) < 4.78 is 34.0. The summed E-state index contributed by atoms with van der Waals surface area (Å²) in [6.45, 7) is 0.658. The highest BCUT2D eigenvalue weighted by atomic mass is 16.6. The molecule has 10 atom stereocenters. The summed E-state index contributed by atoms with van der Waals surface area (Å²) in [7, 11) is 1.52. The van der Waals surface area contributed by atoms with Crippen molar-refractivity contribution in [2.24, 2.45) is 17.8 Å². The topological polar surface area (TPSA) is 162 Å². The summed E-state index contributed by atoms with van der Waals surface area (Å²) in [5, 5.41) is 32.7. The van der Waals surface area contributed by atoms with Crippen LogP contribution in [0.15, 0.2) is 136 Å². The van der Waals surface area contributed by atoms with E-state index in [1.54, 1.807) is 19.1 Å². The summed E-state index contributed by atoms with van der Waals surface area (Å²) in [6.07, 6.45) is 12.8. The van der Waals surface area contributed by atoms with Crippen molar-refractivity contribution < 1.29 is 48.3 Å². The van der Waals surface area contributed by atoms with Crippen LogP contribution >= 0.6 is 0 Å². The highest BCUT2D eigenvalue weighted by Gasteiger charge is 2.61. The third-order valence-corrected chi connectivity index (χ3v) is 21.1. The van der Waals surface area contributed by atoms with Crippen LogP contribution in [0.1, 0.15) is 188 Å². The molecule has 0 radical (unpaired) electrons. The lowest BCUT2D eigenvalue weighted by molar-refractivity contribution is -0.202. The van der Waals surface area contributed by atoms with E-state index in [1.807, 2.05) is 0 Å². The molecule has 11 nitrogen and oxygen atoms in total.